The van der Waals surface area contributed by atoms with E-state index in [9.17, 15) is 4.79 Å². The maximum atomic E-state index is 12.2. The number of hydrogen-bond acceptors (Lipinski definition) is 2. The van der Waals surface area contributed by atoms with Gasteiger partial charge in [-0.25, -0.2) is 0 Å². The van der Waals surface area contributed by atoms with Crippen LogP contribution in [-0.2, 0) is 9.53 Å². The van der Waals surface area contributed by atoms with Crippen LogP contribution in [0.25, 0.3) is 0 Å². The van der Waals surface area contributed by atoms with Gasteiger partial charge < -0.3 is 10.1 Å². The van der Waals surface area contributed by atoms with Crippen molar-refractivity contribution in [1.29, 1.82) is 0 Å². The second-order valence-corrected chi connectivity index (χ2v) is 7.41. The first kappa shape index (κ1) is 15.3. The van der Waals surface area contributed by atoms with Crippen molar-refractivity contribution >= 4 is 21.8 Å². The SMILES string of the molecule is COCC(Br)CNC(=O)C1CCC2CCCCC2C1. The Morgan fingerprint density at radius 2 is 2.00 bits per heavy atom. The first-order valence-electron chi connectivity index (χ1n) is 7.61. The summed E-state index contributed by atoms with van der Waals surface area (Å²) in [6.45, 7) is 1.30. The van der Waals surface area contributed by atoms with Crippen molar-refractivity contribution in [2.45, 2.75) is 49.8 Å². The van der Waals surface area contributed by atoms with E-state index in [0.29, 0.717) is 13.2 Å². The summed E-state index contributed by atoms with van der Waals surface area (Å²) in [6, 6.07) is 0. The Bertz CT molecular complexity index is 298. The Kier molecular flexibility index (Phi) is 6.14. The van der Waals surface area contributed by atoms with Gasteiger partial charge in [0.1, 0.15) is 0 Å². The normalized spacial score (nSPS) is 32.4. The largest absolute Gasteiger partial charge is 0.383 e. The Morgan fingerprint density at radius 3 is 2.74 bits per heavy atom. The second kappa shape index (κ2) is 7.63. The number of methoxy groups -OCH3 is 1. The molecular formula is C15H26BrNO2. The topological polar surface area (TPSA) is 38.3 Å². The number of hydrogen-bond donors (Lipinski definition) is 1. The molecule has 110 valence electrons. The van der Waals surface area contributed by atoms with E-state index in [0.717, 1.165) is 24.7 Å². The third-order valence-corrected chi connectivity index (χ3v) is 5.34. The van der Waals surface area contributed by atoms with Gasteiger partial charge in [0.2, 0.25) is 5.91 Å². The molecule has 0 heterocycles. The predicted octanol–water partition coefficient (Wildman–Crippen LogP) is 3.12. The minimum absolute atomic E-state index is 0.215. The van der Waals surface area contributed by atoms with E-state index in [1.54, 1.807) is 7.11 Å². The molecule has 4 atom stereocenters. The minimum Gasteiger partial charge on any atom is -0.383 e. The molecule has 4 heteroatoms. The van der Waals surface area contributed by atoms with Crippen molar-refractivity contribution in [3.05, 3.63) is 0 Å². The quantitative estimate of drug-likeness (QED) is 0.786. The molecule has 1 N–H and O–H groups in total. The van der Waals surface area contributed by atoms with E-state index in [4.69, 9.17) is 4.74 Å². The van der Waals surface area contributed by atoms with Gasteiger partial charge in [-0.3, -0.25) is 4.79 Å². The van der Waals surface area contributed by atoms with Gasteiger partial charge in [0, 0.05) is 19.6 Å². The van der Waals surface area contributed by atoms with Crippen molar-refractivity contribution < 1.29 is 9.53 Å². The molecule has 2 fully saturated rings. The smallest absolute Gasteiger partial charge is 0.223 e. The molecule has 0 bridgehead atoms. The highest BCUT2D eigenvalue weighted by Gasteiger charge is 2.34. The summed E-state index contributed by atoms with van der Waals surface area (Å²) in [6.07, 6.45) is 8.99. The maximum Gasteiger partial charge on any atom is 0.223 e. The number of halogens is 1. The van der Waals surface area contributed by atoms with Crippen LogP contribution >= 0.6 is 15.9 Å². The highest BCUT2D eigenvalue weighted by Crippen LogP contribution is 2.42. The number of carbonyl (C=O) groups excluding carboxylic acids is 1. The Labute approximate surface area is 125 Å². The van der Waals surface area contributed by atoms with Gasteiger partial charge in [0.25, 0.3) is 0 Å². The number of fused-ring (bicyclic) bond motifs is 1. The van der Waals surface area contributed by atoms with Crippen molar-refractivity contribution in [2.75, 3.05) is 20.3 Å². The number of ether oxygens (including phenoxy) is 1. The lowest BCUT2D eigenvalue weighted by molar-refractivity contribution is -0.127. The fourth-order valence-corrected chi connectivity index (χ4v) is 4.13. The molecule has 0 aromatic rings. The van der Waals surface area contributed by atoms with Gasteiger partial charge in [-0.05, 0) is 31.1 Å². The molecule has 0 spiro atoms. The lowest BCUT2D eigenvalue weighted by Gasteiger charge is -2.38. The third kappa shape index (κ3) is 4.45. The van der Waals surface area contributed by atoms with E-state index in [2.05, 4.69) is 21.2 Å². The van der Waals surface area contributed by atoms with Gasteiger partial charge in [-0.1, -0.05) is 41.6 Å². The van der Waals surface area contributed by atoms with Crippen molar-refractivity contribution in [1.82, 2.24) is 5.32 Å². The fraction of sp³-hybridized carbons (Fsp3) is 0.933. The highest BCUT2D eigenvalue weighted by molar-refractivity contribution is 9.09. The zero-order chi connectivity index (χ0) is 13.7. The molecule has 0 radical (unpaired) electrons. The number of nitrogens with one attached hydrogen (secondary N) is 1. The van der Waals surface area contributed by atoms with Crippen LogP contribution in [0.5, 0.6) is 0 Å². The molecule has 0 aromatic carbocycles. The molecule has 2 saturated carbocycles. The van der Waals surface area contributed by atoms with Gasteiger partial charge in [-0.15, -0.1) is 0 Å². The number of amides is 1. The van der Waals surface area contributed by atoms with E-state index >= 15 is 0 Å². The molecule has 3 nitrogen and oxygen atoms in total. The van der Waals surface area contributed by atoms with E-state index in [1.165, 1.54) is 32.1 Å². The zero-order valence-corrected chi connectivity index (χ0v) is 13.5. The summed E-state index contributed by atoms with van der Waals surface area (Å²) in [5, 5.41) is 3.07. The summed E-state index contributed by atoms with van der Waals surface area (Å²) < 4.78 is 5.05. The summed E-state index contributed by atoms with van der Waals surface area (Å²) in [4.78, 5) is 12.4. The Balaban J connectivity index is 1.74. The van der Waals surface area contributed by atoms with Crippen LogP contribution in [0, 0.1) is 17.8 Å². The van der Waals surface area contributed by atoms with Gasteiger partial charge >= 0.3 is 0 Å². The average molecular weight is 332 g/mol. The van der Waals surface area contributed by atoms with Gasteiger partial charge in [0.15, 0.2) is 0 Å². The lowest BCUT2D eigenvalue weighted by Crippen LogP contribution is -2.39. The lowest BCUT2D eigenvalue weighted by atomic mass is 9.67. The number of carbonyl (C=O) groups is 1. The fourth-order valence-electron chi connectivity index (χ4n) is 3.71. The summed E-state index contributed by atoms with van der Waals surface area (Å²) in [7, 11) is 1.68. The van der Waals surface area contributed by atoms with Crippen LogP contribution in [0.1, 0.15) is 44.9 Å². The molecular weight excluding hydrogens is 306 g/mol. The molecule has 2 aliphatic rings. The van der Waals surface area contributed by atoms with Gasteiger partial charge in [0.05, 0.1) is 11.4 Å². The minimum atomic E-state index is 0.215. The van der Waals surface area contributed by atoms with E-state index in [-0.39, 0.29) is 16.7 Å². The van der Waals surface area contributed by atoms with Crippen LogP contribution < -0.4 is 5.32 Å². The number of rotatable bonds is 5. The zero-order valence-electron chi connectivity index (χ0n) is 11.9. The highest BCUT2D eigenvalue weighted by atomic mass is 79.9. The van der Waals surface area contributed by atoms with E-state index < -0.39 is 0 Å². The molecule has 0 saturated heterocycles. The summed E-state index contributed by atoms with van der Waals surface area (Å²) in [5.41, 5.74) is 0. The van der Waals surface area contributed by atoms with Crippen LogP contribution in [-0.4, -0.2) is 31.0 Å². The third-order valence-electron chi connectivity index (χ3n) is 4.76. The molecule has 19 heavy (non-hydrogen) atoms. The standard InChI is InChI=1S/C15H26BrNO2/c1-19-10-14(16)9-17-15(18)13-7-6-11-4-2-3-5-12(11)8-13/h11-14H,2-10H2,1H3,(H,17,18). The molecule has 2 rings (SSSR count). The average Bonchev–Trinajstić information content (AvgIpc) is 2.44. The van der Waals surface area contributed by atoms with Crippen LogP contribution in [0.4, 0.5) is 0 Å². The maximum absolute atomic E-state index is 12.2. The predicted molar refractivity (Wildman–Crippen MR) is 80.4 cm³/mol. The summed E-state index contributed by atoms with van der Waals surface area (Å²) >= 11 is 3.51. The molecule has 2 aliphatic carbocycles. The van der Waals surface area contributed by atoms with Crippen molar-refractivity contribution in [2.24, 2.45) is 17.8 Å². The van der Waals surface area contributed by atoms with Crippen LogP contribution in [0.2, 0.25) is 0 Å². The summed E-state index contributed by atoms with van der Waals surface area (Å²) in [5.74, 6) is 2.23. The first-order valence-corrected chi connectivity index (χ1v) is 8.53. The number of alkyl halides is 1. The van der Waals surface area contributed by atoms with Crippen LogP contribution in [0.15, 0.2) is 0 Å². The van der Waals surface area contributed by atoms with Crippen LogP contribution in [0.3, 0.4) is 0 Å². The molecule has 0 aliphatic heterocycles. The van der Waals surface area contributed by atoms with Gasteiger partial charge in [-0.2, -0.15) is 0 Å². The molecule has 0 aromatic heterocycles. The second-order valence-electron chi connectivity index (χ2n) is 6.11. The Hall–Kier alpha value is -0.0900. The molecule has 1 amide bonds. The van der Waals surface area contributed by atoms with Crippen molar-refractivity contribution in [3.63, 3.8) is 0 Å². The van der Waals surface area contributed by atoms with E-state index in [1.807, 2.05) is 0 Å². The van der Waals surface area contributed by atoms with Crippen molar-refractivity contribution in [3.8, 4) is 0 Å². The monoisotopic (exact) mass is 331 g/mol. The Morgan fingerprint density at radius 1 is 1.26 bits per heavy atom. The molecule has 4 unspecified atom stereocenters. The first-order chi connectivity index (χ1) is 9.20.